The van der Waals surface area contributed by atoms with Gasteiger partial charge in [0.15, 0.2) is 36.3 Å². The fourth-order valence-electron chi connectivity index (χ4n) is 4.69. The van der Waals surface area contributed by atoms with E-state index in [0.717, 1.165) is 18.6 Å². The van der Waals surface area contributed by atoms with Gasteiger partial charge >= 0.3 is 21.8 Å². The molecule has 0 saturated carbocycles. The summed E-state index contributed by atoms with van der Waals surface area (Å²) >= 11 is 0. The van der Waals surface area contributed by atoms with E-state index in [4.69, 9.17) is 33.3 Å². The third kappa shape index (κ3) is 5.26. The maximum absolute atomic E-state index is 15.5. The Bertz CT molecular complexity index is 1650. The summed E-state index contributed by atoms with van der Waals surface area (Å²) in [5, 5.41) is 0. The fraction of sp³-hybridized carbons (Fsp3) is 0.526. The van der Waals surface area contributed by atoms with Gasteiger partial charge < -0.3 is 29.1 Å². The van der Waals surface area contributed by atoms with Gasteiger partial charge in [-0.15, -0.1) is 0 Å². The Labute approximate surface area is 226 Å². The lowest BCUT2D eigenvalue weighted by Crippen LogP contribution is -2.36. The number of alkyl halides is 2. The van der Waals surface area contributed by atoms with E-state index in [9.17, 15) is 23.6 Å². The van der Waals surface area contributed by atoms with E-state index >= 15 is 8.78 Å². The zero-order valence-corrected chi connectivity index (χ0v) is 22.3. The monoisotopic (exact) mass is 623 g/mol. The van der Waals surface area contributed by atoms with Gasteiger partial charge in [-0.1, -0.05) is 0 Å². The number of nitrogens with zero attached hydrogens (tertiary/aromatic N) is 5. The smallest absolute Gasteiger partial charge is 0.382 e. The zero-order chi connectivity index (χ0) is 29.1. The number of aromatic amines is 1. The first-order valence-corrected chi connectivity index (χ1v) is 14.6. The average Bonchev–Trinajstić information content (AvgIpc) is 3.57. The molecule has 10 atom stereocenters. The molecule has 3 unspecified atom stereocenters. The van der Waals surface area contributed by atoms with E-state index in [0.29, 0.717) is 4.57 Å². The molecule has 0 spiro atoms. The number of H-pyrrole nitrogens is 1. The van der Waals surface area contributed by atoms with Crippen molar-refractivity contribution >= 4 is 33.1 Å². The van der Waals surface area contributed by atoms with Gasteiger partial charge in [0, 0.05) is 12.3 Å². The first-order valence-electron chi connectivity index (χ1n) is 11.8. The van der Waals surface area contributed by atoms with E-state index < -0.39 is 89.8 Å². The van der Waals surface area contributed by atoms with Crippen LogP contribution in [0.4, 0.5) is 14.6 Å². The van der Waals surface area contributed by atoms with Crippen molar-refractivity contribution in [2.24, 2.45) is 0 Å². The maximum Gasteiger partial charge on any atom is 0.472 e. The minimum absolute atomic E-state index is 0.00895. The molecule has 41 heavy (non-hydrogen) atoms. The third-order valence-corrected chi connectivity index (χ3v) is 8.42. The average molecular weight is 623 g/mol. The number of fused-ring (bicyclic) bond motifs is 4. The van der Waals surface area contributed by atoms with Crippen LogP contribution in [0.2, 0.25) is 0 Å². The van der Waals surface area contributed by atoms with E-state index in [1.165, 1.54) is 10.9 Å². The second-order valence-corrected chi connectivity index (χ2v) is 11.5. The minimum atomic E-state index is -5.13. The number of hydrogen-bond acceptors (Lipinski definition) is 14. The second-order valence-electron chi connectivity index (χ2n) is 9.10. The normalized spacial score (nSPS) is 38.2. The lowest BCUT2D eigenvalue weighted by Gasteiger charge is -2.24. The number of nitrogens with two attached hydrogens (primary N) is 1. The van der Waals surface area contributed by atoms with Crippen molar-refractivity contribution in [1.82, 2.24) is 29.1 Å². The molecule has 3 aromatic heterocycles. The Kier molecular flexibility index (Phi) is 7.37. The molecule has 0 aliphatic carbocycles. The Hall–Kier alpha value is -2.93. The summed E-state index contributed by atoms with van der Waals surface area (Å²) in [4.78, 5) is 47.9. The highest BCUT2D eigenvalue weighted by Gasteiger charge is 2.53. The SMILES string of the molecule is Nc1ncnc2c1ncn2[C@@H]1O[C@@H]2CO[PH](=O)OC3[C@@H](F)[C@H](n4ccc(=O)[nH]c4=O)O[C@@H]3COP(=O)(O)O[C@@H]1[C@@H]2F. The minimum Gasteiger partial charge on any atom is -0.382 e. The van der Waals surface area contributed by atoms with Crippen molar-refractivity contribution in [2.45, 2.75) is 49.2 Å². The summed E-state index contributed by atoms with van der Waals surface area (Å²) in [6.45, 7) is -1.59. The number of aromatic nitrogens is 6. The highest BCUT2D eigenvalue weighted by molar-refractivity contribution is 7.47. The summed E-state index contributed by atoms with van der Waals surface area (Å²) in [7, 11) is -8.70. The predicted octanol–water partition coefficient (Wildman–Crippen LogP) is -0.263. The Morgan fingerprint density at radius 2 is 1.85 bits per heavy atom. The highest BCUT2D eigenvalue weighted by atomic mass is 31.2. The van der Waals surface area contributed by atoms with Crippen LogP contribution in [-0.4, -0.2) is 83.9 Å². The molecule has 3 aliphatic rings. The van der Waals surface area contributed by atoms with Crippen LogP contribution in [0, 0.1) is 0 Å². The van der Waals surface area contributed by atoms with Crippen molar-refractivity contribution in [3.05, 3.63) is 45.8 Å². The number of ether oxygens (including phenoxy) is 2. The topological polar surface area (TPSA) is 234 Å². The molecule has 0 aromatic carbocycles. The Morgan fingerprint density at radius 1 is 1.07 bits per heavy atom. The van der Waals surface area contributed by atoms with Gasteiger partial charge in [-0.05, 0) is 0 Å². The first-order chi connectivity index (χ1) is 19.5. The standard InChI is InChI=1S/C19H21F2N7O11P2/c20-10-7-3-34-40(31)38-13-8(37-17(11(13)21)27-2-1-9(29)26-19(27)30)4-35-41(32,33)39-14(10)18(36-7)28-6-25-12-15(22)23-5-24-16(12)28/h1-2,5-8,10-11,13-14,17-18,40H,3-4H2,(H,32,33)(H2,22,23,24)(H,26,29,30)/t7-,8-,10-,11-,13?,14-,17-,18-/m1/s1. The van der Waals surface area contributed by atoms with Crippen LogP contribution >= 0.6 is 16.1 Å². The van der Waals surface area contributed by atoms with Crippen LogP contribution in [0.3, 0.4) is 0 Å². The van der Waals surface area contributed by atoms with E-state index in [1.54, 1.807) is 0 Å². The number of phosphoric acid groups is 1. The summed E-state index contributed by atoms with van der Waals surface area (Å²) in [6.07, 6.45) is -10.8. The number of halogens is 2. The Balaban J connectivity index is 1.29. The molecule has 3 aliphatic heterocycles. The number of rotatable bonds is 2. The van der Waals surface area contributed by atoms with Crippen LogP contribution in [0.1, 0.15) is 12.5 Å². The second kappa shape index (κ2) is 10.7. The number of hydrogen-bond donors (Lipinski definition) is 3. The van der Waals surface area contributed by atoms with E-state index in [1.807, 2.05) is 4.98 Å². The number of anilines is 1. The summed E-state index contributed by atoms with van der Waals surface area (Å²) in [6, 6.07) is 0.939. The fourth-order valence-corrected chi connectivity index (χ4v) is 6.49. The molecule has 3 fully saturated rings. The Morgan fingerprint density at radius 3 is 2.63 bits per heavy atom. The van der Waals surface area contributed by atoms with E-state index in [2.05, 4.69) is 15.0 Å². The molecule has 222 valence electrons. The van der Waals surface area contributed by atoms with Crippen molar-refractivity contribution in [3.63, 3.8) is 0 Å². The molecule has 0 amide bonds. The van der Waals surface area contributed by atoms with Gasteiger partial charge in [0.2, 0.25) is 0 Å². The molecule has 18 nitrogen and oxygen atoms in total. The number of imidazole rings is 1. The van der Waals surface area contributed by atoms with Gasteiger partial charge in [-0.25, -0.2) is 33.1 Å². The molecule has 6 heterocycles. The first kappa shape index (κ1) is 28.2. The predicted molar refractivity (Wildman–Crippen MR) is 129 cm³/mol. The number of nitrogens with one attached hydrogen (secondary N) is 1. The highest BCUT2D eigenvalue weighted by Crippen LogP contribution is 2.51. The quantitative estimate of drug-likeness (QED) is 0.312. The van der Waals surface area contributed by atoms with Gasteiger partial charge in [-0.2, -0.15) is 0 Å². The largest absolute Gasteiger partial charge is 0.472 e. The molecule has 22 heteroatoms. The number of nitrogen functional groups attached to an aromatic ring is 1. The van der Waals surface area contributed by atoms with Gasteiger partial charge in [0.25, 0.3) is 5.56 Å². The molecular formula is C19H21F2N7O11P2. The molecule has 6 rings (SSSR count). The van der Waals surface area contributed by atoms with Crippen LogP contribution in [-0.2, 0) is 36.7 Å². The lowest BCUT2D eigenvalue weighted by atomic mass is 10.1. The molecule has 3 saturated heterocycles. The lowest BCUT2D eigenvalue weighted by molar-refractivity contribution is -0.0636. The van der Waals surface area contributed by atoms with Crippen molar-refractivity contribution in [3.8, 4) is 0 Å². The molecule has 0 radical (unpaired) electrons. The van der Waals surface area contributed by atoms with Crippen LogP contribution in [0.25, 0.3) is 11.2 Å². The summed E-state index contributed by atoms with van der Waals surface area (Å²) < 4.78 is 90.2. The van der Waals surface area contributed by atoms with Crippen molar-refractivity contribution in [1.29, 1.82) is 0 Å². The van der Waals surface area contributed by atoms with Crippen molar-refractivity contribution in [2.75, 3.05) is 18.9 Å². The molecule has 3 aromatic rings. The molecular weight excluding hydrogens is 602 g/mol. The summed E-state index contributed by atoms with van der Waals surface area (Å²) in [5.74, 6) is 0.00895. The third-order valence-electron chi connectivity index (χ3n) is 6.57. The van der Waals surface area contributed by atoms with Gasteiger partial charge in [-0.3, -0.25) is 32.5 Å². The van der Waals surface area contributed by atoms with Crippen molar-refractivity contribution < 1.29 is 50.4 Å². The van der Waals surface area contributed by atoms with Crippen LogP contribution in [0.5, 0.6) is 0 Å². The molecule has 2 bridgehead atoms. The van der Waals surface area contributed by atoms with Crippen LogP contribution in [0.15, 0.2) is 34.5 Å². The van der Waals surface area contributed by atoms with Gasteiger partial charge in [0.1, 0.15) is 36.3 Å². The van der Waals surface area contributed by atoms with E-state index in [-0.39, 0.29) is 17.0 Å². The maximum atomic E-state index is 15.5. The number of phosphoric ester groups is 1. The molecule has 4 N–H and O–H groups in total. The summed E-state index contributed by atoms with van der Waals surface area (Å²) in [5.41, 5.74) is 4.26. The van der Waals surface area contributed by atoms with Crippen LogP contribution < -0.4 is 17.0 Å². The van der Waals surface area contributed by atoms with Gasteiger partial charge in [0.05, 0.1) is 19.5 Å². The zero-order valence-electron chi connectivity index (χ0n) is 20.4.